The zero-order chi connectivity index (χ0) is 13.0. The first-order valence-corrected chi connectivity index (χ1v) is 6.23. The van der Waals surface area contributed by atoms with Crippen molar-refractivity contribution >= 4 is 5.78 Å². The minimum atomic E-state index is 0.148. The van der Waals surface area contributed by atoms with E-state index in [1.54, 1.807) is 32.4 Å². The number of hydrogen-bond donors (Lipinski definition) is 1. The van der Waals surface area contributed by atoms with Gasteiger partial charge in [-0.2, -0.15) is 0 Å². The van der Waals surface area contributed by atoms with Crippen molar-refractivity contribution in [2.24, 2.45) is 0 Å². The van der Waals surface area contributed by atoms with E-state index >= 15 is 0 Å². The highest BCUT2D eigenvalue weighted by molar-refractivity contribution is 5.97. The number of ether oxygens (including phenoxy) is 2. The molecule has 1 saturated heterocycles. The van der Waals surface area contributed by atoms with Gasteiger partial charge in [0.15, 0.2) is 17.3 Å². The van der Waals surface area contributed by atoms with Gasteiger partial charge < -0.3 is 14.8 Å². The van der Waals surface area contributed by atoms with Crippen LogP contribution in [0.2, 0.25) is 0 Å². The monoisotopic (exact) mass is 249 g/mol. The van der Waals surface area contributed by atoms with Crippen molar-refractivity contribution in [3.63, 3.8) is 0 Å². The van der Waals surface area contributed by atoms with Gasteiger partial charge in [0.25, 0.3) is 0 Å². The molecule has 1 aromatic carbocycles. The fourth-order valence-electron chi connectivity index (χ4n) is 2.28. The quantitative estimate of drug-likeness (QED) is 0.811. The van der Waals surface area contributed by atoms with Crippen molar-refractivity contribution in [1.82, 2.24) is 5.32 Å². The zero-order valence-electron chi connectivity index (χ0n) is 10.9. The van der Waals surface area contributed by atoms with E-state index in [0.717, 1.165) is 19.4 Å². The number of ketones is 1. The van der Waals surface area contributed by atoms with E-state index in [0.29, 0.717) is 29.5 Å². The normalized spacial score (nSPS) is 18.7. The van der Waals surface area contributed by atoms with Crippen molar-refractivity contribution in [1.29, 1.82) is 0 Å². The molecule has 0 spiro atoms. The third-order valence-electron chi connectivity index (χ3n) is 3.30. The van der Waals surface area contributed by atoms with Crippen molar-refractivity contribution in [2.75, 3.05) is 20.8 Å². The molecule has 0 unspecified atom stereocenters. The fraction of sp³-hybridized carbons (Fsp3) is 0.500. The van der Waals surface area contributed by atoms with Crippen LogP contribution in [0.1, 0.15) is 29.6 Å². The van der Waals surface area contributed by atoms with E-state index < -0.39 is 0 Å². The lowest BCUT2D eigenvalue weighted by Crippen LogP contribution is -2.24. The largest absolute Gasteiger partial charge is 0.493 e. The molecule has 0 bridgehead atoms. The van der Waals surface area contributed by atoms with E-state index in [1.807, 2.05) is 0 Å². The number of carbonyl (C=O) groups excluding carboxylic acids is 1. The van der Waals surface area contributed by atoms with Crippen LogP contribution >= 0.6 is 0 Å². The number of Topliss-reactive ketones (excluding diaryl/α,β-unsaturated/α-hetero) is 1. The Bertz CT molecular complexity index is 425. The fourth-order valence-corrected chi connectivity index (χ4v) is 2.28. The number of carbonyl (C=O) groups is 1. The predicted octanol–water partition coefficient (Wildman–Crippen LogP) is 2.03. The molecular weight excluding hydrogens is 230 g/mol. The number of hydrogen-bond acceptors (Lipinski definition) is 4. The van der Waals surface area contributed by atoms with Crippen LogP contribution in [0.4, 0.5) is 0 Å². The molecule has 98 valence electrons. The van der Waals surface area contributed by atoms with Crippen LogP contribution < -0.4 is 14.8 Å². The van der Waals surface area contributed by atoms with E-state index in [1.165, 1.54) is 0 Å². The minimum Gasteiger partial charge on any atom is -0.493 e. The molecule has 18 heavy (non-hydrogen) atoms. The summed E-state index contributed by atoms with van der Waals surface area (Å²) in [5.74, 6) is 1.39. The molecular formula is C14H19NO3. The molecule has 1 atom stereocenters. The van der Waals surface area contributed by atoms with Crippen molar-refractivity contribution in [3.05, 3.63) is 23.8 Å². The second-order valence-corrected chi connectivity index (χ2v) is 4.49. The van der Waals surface area contributed by atoms with Crippen molar-refractivity contribution in [3.8, 4) is 11.5 Å². The van der Waals surface area contributed by atoms with Crippen LogP contribution in [-0.2, 0) is 0 Å². The molecule has 4 nitrogen and oxygen atoms in total. The van der Waals surface area contributed by atoms with Crippen LogP contribution in [0.3, 0.4) is 0 Å². The van der Waals surface area contributed by atoms with Gasteiger partial charge in [0.05, 0.1) is 14.2 Å². The second-order valence-electron chi connectivity index (χ2n) is 4.49. The summed E-state index contributed by atoms with van der Waals surface area (Å²) in [5.41, 5.74) is 0.682. The highest BCUT2D eigenvalue weighted by atomic mass is 16.5. The Balaban J connectivity index is 2.09. The summed E-state index contributed by atoms with van der Waals surface area (Å²) in [7, 11) is 3.16. The first kappa shape index (κ1) is 12.9. The van der Waals surface area contributed by atoms with Crippen molar-refractivity contribution in [2.45, 2.75) is 25.3 Å². The Morgan fingerprint density at radius 3 is 2.72 bits per heavy atom. The number of rotatable bonds is 5. The van der Waals surface area contributed by atoms with Gasteiger partial charge in [0, 0.05) is 18.0 Å². The molecule has 1 aliphatic rings. The SMILES string of the molecule is COc1ccc(C(=O)C[C@H]2CCCN2)cc1OC. The van der Waals surface area contributed by atoms with Gasteiger partial charge in [-0.15, -0.1) is 0 Å². The van der Waals surface area contributed by atoms with Crippen LogP contribution in [0, 0.1) is 0 Å². The lowest BCUT2D eigenvalue weighted by Gasteiger charge is -2.11. The molecule has 1 N–H and O–H groups in total. The Hall–Kier alpha value is -1.55. The lowest BCUT2D eigenvalue weighted by molar-refractivity contribution is 0.0971. The molecule has 1 aliphatic heterocycles. The molecule has 0 aromatic heterocycles. The molecule has 0 radical (unpaired) electrons. The van der Waals surface area contributed by atoms with Gasteiger partial charge >= 0.3 is 0 Å². The van der Waals surface area contributed by atoms with Gasteiger partial charge in [0.2, 0.25) is 0 Å². The summed E-state index contributed by atoms with van der Waals surface area (Å²) in [4.78, 5) is 12.1. The molecule has 0 saturated carbocycles. The lowest BCUT2D eigenvalue weighted by atomic mass is 10.0. The standard InChI is InChI=1S/C14H19NO3/c1-17-13-6-5-10(8-14(13)18-2)12(16)9-11-4-3-7-15-11/h5-6,8,11,15H,3-4,7,9H2,1-2H3/t11-/m1/s1. The second kappa shape index (κ2) is 5.87. The van der Waals surface area contributed by atoms with E-state index in [2.05, 4.69) is 5.32 Å². The summed E-state index contributed by atoms with van der Waals surface area (Å²) in [6.07, 6.45) is 2.79. The van der Waals surface area contributed by atoms with Gasteiger partial charge in [-0.05, 0) is 37.6 Å². The Labute approximate surface area is 107 Å². The summed E-state index contributed by atoms with van der Waals surface area (Å²) >= 11 is 0. The molecule has 0 aliphatic carbocycles. The van der Waals surface area contributed by atoms with Gasteiger partial charge in [-0.3, -0.25) is 4.79 Å². The topological polar surface area (TPSA) is 47.6 Å². The maximum Gasteiger partial charge on any atom is 0.164 e. The summed E-state index contributed by atoms with van der Waals surface area (Å²) in [6, 6.07) is 5.63. The molecule has 0 amide bonds. The van der Waals surface area contributed by atoms with Crippen LogP contribution in [-0.4, -0.2) is 32.6 Å². The predicted molar refractivity (Wildman–Crippen MR) is 69.5 cm³/mol. The van der Waals surface area contributed by atoms with Gasteiger partial charge in [0.1, 0.15) is 0 Å². The first-order chi connectivity index (χ1) is 8.74. The zero-order valence-corrected chi connectivity index (χ0v) is 10.9. The highest BCUT2D eigenvalue weighted by Crippen LogP contribution is 2.28. The maximum atomic E-state index is 12.1. The molecule has 1 heterocycles. The smallest absolute Gasteiger partial charge is 0.164 e. The summed E-state index contributed by atoms with van der Waals surface area (Å²) in [5, 5.41) is 3.33. The average molecular weight is 249 g/mol. The molecule has 1 aromatic rings. The molecule has 1 fully saturated rings. The van der Waals surface area contributed by atoms with Crippen LogP contribution in [0.25, 0.3) is 0 Å². The average Bonchev–Trinajstić information content (AvgIpc) is 2.90. The third-order valence-corrected chi connectivity index (χ3v) is 3.30. The Morgan fingerprint density at radius 2 is 2.11 bits per heavy atom. The van der Waals surface area contributed by atoms with E-state index in [4.69, 9.17) is 9.47 Å². The van der Waals surface area contributed by atoms with Crippen molar-refractivity contribution < 1.29 is 14.3 Å². The van der Waals surface area contributed by atoms with Crippen LogP contribution in [0.15, 0.2) is 18.2 Å². The van der Waals surface area contributed by atoms with E-state index in [-0.39, 0.29) is 5.78 Å². The van der Waals surface area contributed by atoms with Gasteiger partial charge in [-0.25, -0.2) is 0 Å². The number of benzene rings is 1. The number of methoxy groups -OCH3 is 2. The number of nitrogens with one attached hydrogen (secondary N) is 1. The summed E-state index contributed by atoms with van der Waals surface area (Å²) < 4.78 is 10.4. The van der Waals surface area contributed by atoms with Gasteiger partial charge in [-0.1, -0.05) is 0 Å². The van der Waals surface area contributed by atoms with Crippen LogP contribution in [0.5, 0.6) is 11.5 Å². The summed E-state index contributed by atoms with van der Waals surface area (Å²) in [6.45, 7) is 1.02. The maximum absolute atomic E-state index is 12.1. The molecule has 2 rings (SSSR count). The molecule has 4 heteroatoms. The Morgan fingerprint density at radius 1 is 1.33 bits per heavy atom. The highest BCUT2D eigenvalue weighted by Gasteiger charge is 2.19. The minimum absolute atomic E-state index is 0.148. The van der Waals surface area contributed by atoms with E-state index in [9.17, 15) is 4.79 Å². The first-order valence-electron chi connectivity index (χ1n) is 6.23. The Kier molecular flexibility index (Phi) is 4.20. The third kappa shape index (κ3) is 2.82.